The number of aryl methyl sites for hydroxylation is 2. The number of fused-ring (bicyclic) bond motifs is 1. The van der Waals surface area contributed by atoms with Gasteiger partial charge in [-0.25, -0.2) is 4.68 Å². The summed E-state index contributed by atoms with van der Waals surface area (Å²) in [5.41, 5.74) is 2.35. The fraction of sp³-hybridized carbons (Fsp3) is 0.278. The number of aromatic nitrogens is 3. The van der Waals surface area contributed by atoms with E-state index in [4.69, 9.17) is 4.74 Å². The third kappa shape index (κ3) is 3.44. The highest BCUT2D eigenvalue weighted by Crippen LogP contribution is 2.19. The van der Waals surface area contributed by atoms with Crippen molar-refractivity contribution in [2.24, 2.45) is 0 Å². The first-order chi connectivity index (χ1) is 11.5. The molecule has 24 heavy (non-hydrogen) atoms. The van der Waals surface area contributed by atoms with E-state index in [1.807, 2.05) is 32.0 Å². The average Bonchev–Trinajstić information content (AvgIpc) is 2.58. The van der Waals surface area contributed by atoms with Crippen molar-refractivity contribution in [3.63, 3.8) is 0 Å². The number of aliphatic hydroxyl groups excluding tert-OH is 1. The van der Waals surface area contributed by atoms with Crippen LogP contribution >= 0.6 is 0 Å². The Morgan fingerprint density at radius 2 is 2.00 bits per heavy atom. The van der Waals surface area contributed by atoms with Crippen molar-refractivity contribution >= 4 is 10.9 Å². The molecule has 0 spiro atoms. The number of aliphatic hydroxyl groups is 1. The van der Waals surface area contributed by atoms with Crippen molar-refractivity contribution in [1.82, 2.24) is 15.0 Å². The van der Waals surface area contributed by atoms with Gasteiger partial charge in [0.25, 0.3) is 5.56 Å². The van der Waals surface area contributed by atoms with Crippen molar-refractivity contribution in [2.45, 2.75) is 26.5 Å². The summed E-state index contributed by atoms with van der Waals surface area (Å²) < 4.78 is 6.83. The molecule has 1 unspecified atom stereocenters. The van der Waals surface area contributed by atoms with Crippen molar-refractivity contribution in [1.29, 1.82) is 0 Å². The number of nitrogens with zero attached hydrogens (tertiary/aromatic N) is 3. The highest BCUT2D eigenvalue weighted by atomic mass is 16.5. The van der Waals surface area contributed by atoms with Gasteiger partial charge in [0.2, 0.25) is 0 Å². The maximum atomic E-state index is 12.3. The van der Waals surface area contributed by atoms with Crippen LogP contribution in [0.5, 0.6) is 5.75 Å². The zero-order valence-corrected chi connectivity index (χ0v) is 13.6. The normalized spacial score (nSPS) is 12.3. The highest BCUT2D eigenvalue weighted by molar-refractivity contribution is 5.76. The molecule has 0 amide bonds. The van der Waals surface area contributed by atoms with E-state index >= 15 is 0 Å². The molecule has 0 aliphatic rings. The molecule has 0 fully saturated rings. The molecule has 124 valence electrons. The summed E-state index contributed by atoms with van der Waals surface area (Å²) in [5, 5.41) is 18.5. The van der Waals surface area contributed by atoms with Crippen LogP contribution in [0.3, 0.4) is 0 Å². The Bertz CT molecular complexity index is 921. The molecule has 0 aliphatic carbocycles. The zero-order chi connectivity index (χ0) is 17.1. The second-order valence-corrected chi connectivity index (χ2v) is 5.83. The van der Waals surface area contributed by atoms with Gasteiger partial charge in [-0.3, -0.25) is 4.79 Å². The van der Waals surface area contributed by atoms with Crippen molar-refractivity contribution in [3.05, 3.63) is 63.9 Å². The summed E-state index contributed by atoms with van der Waals surface area (Å²) in [5.74, 6) is 0.728. The lowest BCUT2D eigenvalue weighted by Gasteiger charge is -2.14. The summed E-state index contributed by atoms with van der Waals surface area (Å²) >= 11 is 0. The number of benzene rings is 2. The first-order valence-electron chi connectivity index (χ1n) is 7.75. The Hall–Kier alpha value is -2.73. The third-order valence-corrected chi connectivity index (χ3v) is 3.79. The van der Waals surface area contributed by atoms with Gasteiger partial charge in [0.1, 0.15) is 24.0 Å². The lowest BCUT2D eigenvalue weighted by molar-refractivity contribution is 0.0870. The van der Waals surface area contributed by atoms with E-state index in [0.717, 1.165) is 16.9 Å². The third-order valence-electron chi connectivity index (χ3n) is 3.79. The van der Waals surface area contributed by atoms with Crippen LogP contribution in [-0.4, -0.2) is 32.8 Å². The quantitative estimate of drug-likeness (QED) is 0.774. The van der Waals surface area contributed by atoms with Crippen LogP contribution in [0.4, 0.5) is 0 Å². The Morgan fingerprint density at radius 1 is 1.21 bits per heavy atom. The molecule has 1 atom stereocenters. The van der Waals surface area contributed by atoms with Crippen LogP contribution in [0.25, 0.3) is 10.9 Å². The molecule has 6 nitrogen and oxygen atoms in total. The van der Waals surface area contributed by atoms with Gasteiger partial charge in [0.15, 0.2) is 0 Å². The molecule has 6 heteroatoms. The molecule has 0 aliphatic heterocycles. The molecular formula is C18H19N3O3. The second-order valence-electron chi connectivity index (χ2n) is 5.83. The fourth-order valence-corrected chi connectivity index (χ4v) is 2.44. The Kier molecular flexibility index (Phi) is 4.57. The van der Waals surface area contributed by atoms with E-state index in [0.29, 0.717) is 10.9 Å². The van der Waals surface area contributed by atoms with E-state index < -0.39 is 6.10 Å². The van der Waals surface area contributed by atoms with E-state index in [2.05, 4.69) is 10.3 Å². The van der Waals surface area contributed by atoms with Gasteiger partial charge in [-0.15, -0.1) is 5.10 Å². The van der Waals surface area contributed by atoms with Crippen LogP contribution in [0, 0.1) is 13.8 Å². The number of hydrogen-bond donors (Lipinski definition) is 1. The molecule has 1 aromatic heterocycles. The minimum atomic E-state index is -0.863. The van der Waals surface area contributed by atoms with Crippen LogP contribution in [0.15, 0.2) is 47.3 Å². The van der Waals surface area contributed by atoms with Gasteiger partial charge >= 0.3 is 0 Å². The highest BCUT2D eigenvalue weighted by Gasteiger charge is 2.12. The molecular weight excluding hydrogens is 306 g/mol. The predicted octanol–water partition coefficient (Wildman–Crippen LogP) is 1.85. The molecule has 2 aromatic carbocycles. The summed E-state index contributed by atoms with van der Waals surface area (Å²) in [6, 6.07) is 12.9. The van der Waals surface area contributed by atoms with Crippen LogP contribution < -0.4 is 10.3 Å². The lowest BCUT2D eigenvalue weighted by Crippen LogP contribution is -2.32. The SMILES string of the molecule is Cc1ccc(C)c(OCC(O)Cn2nnc3ccccc3c2=O)c1. The standard InChI is InChI=1S/C18H19N3O3/c1-12-7-8-13(2)17(9-12)24-11-14(22)10-21-18(23)15-5-3-4-6-16(15)19-20-21/h3-9,14,22H,10-11H2,1-2H3. The molecule has 0 saturated heterocycles. The van der Waals surface area contributed by atoms with Gasteiger partial charge in [-0.2, -0.15) is 0 Å². The number of rotatable bonds is 5. The molecule has 3 rings (SSSR count). The molecule has 0 saturated carbocycles. The Labute approximate surface area is 139 Å². The first kappa shape index (κ1) is 16.1. The van der Waals surface area contributed by atoms with E-state index in [1.165, 1.54) is 4.68 Å². The van der Waals surface area contributed by atoms with Gasteiger partial charge in [0, 0.05) is 0 Å². The topological polar surface area (TPSA) is 77.2 Å². The molecule has 0 radical (unpaired) electrons. The molecule has 3 aromatic rings. The number of hydrogen-bond acceptors (Lipinski definition) is 5. The zero-order valence-electron chi connectivity index (χ0n) is 13.6. The van der Waals surface area contributed by atoms with E-state index in [-0.39, 0.29) is 18.7 Å². The summed E-state index contributed by atoms with van der Waals surface area (Å²) in [7, 11) is 0. The minimum Gasteiger partial charge on any atom is -0.491 e. The lowest BCUT2D eigenvalue weighted by atomic mass is 10.1. The second kappa shape index (κ2) is 6.80. The van der Waals surface area contributed by atoms with Gasteiger partial charge in [0.05, 0.1) is 11.9 Å². The van der Waals surface area contributed by atoms with Crippen LogP contribution in [0.1, 0.15) is 11.1 Å². The maximum Gasteiger partial charge on any atom is 0.277 e. The smallest absolute Gasteiger partial charge is 0.277 e. The average molecular weight is 325 g/mol. The molecule has 0 bridgehead atoms. The van der Waals surface area contributed by atoms with Gasteiger partial charge < -0.3 is 9.84 Å². The van der Waals surface area contributed by atoms with Crippen LogP contribution in [0.2, 0.25) is 0 Å². The Balaban J connectivity index is 1.71. The fourth-order valence-electron chi connectivity index (χ4n) is 2.44. The van der Waals surface area contributed by atoms with Gasteiger partial charge in [-0.1, -0.05) is 29.5 Å². The Morgan fingerprint density at radius 3 is 2.83 bits per heavy atom. The van der Waals surface area contributed by atoms with Crippen molar-refractivity contribution in [3.8, 4) is 5.75 Å². The maximum absolute atomic E-state index is 12.3. The van der Waals surface area contributed by atoms with Crippen molar-refractivity contribution < 1.29 is 9.84 Å². The molecule has 1 N–H and O–H groups in total. The largest absolute Gasteiger partial charge is 0.491 e. The minimum absolute atomic E-state index is 0.0293. The van der Waals surface area contributed by atoms with Crippen LogP contribution in [-0.2, 0) is 6.54 Å². The summed E-state index contributed by atoms with van der Waals surface area (Å²) in [6.07, 6.45) is -0.863. The first-order valence-corrected chi connectivity index (χ1v) is 7.75. The predicted molar refractivity (Wildman–Crippen MR) is 91.2 cm³/mol. The van der Waals surface area contributed by atoms with Gasteiger partial charge in [-0.05, 0) is 43.2 Å². The number of ether oxygens (including phenoxy) is 1. The monoisotopic (exact) mass is 325 g/mol. The van der Waals surface area contributed by atoms with E-state index in [1.54, 1.807) is 24.3 Å². The van der Waals surface area contributed by atoms with E-state index in [9.17, 15) is 9.90 Å². The summed E-state index contributed by atoms with van der Waals surface area (Å²) in [6.45, 7) is 4.03. The molecule has 1 heterocycles. The summed E-state index contributed by atoms with van der Waals surface area (Å²) in [4.78, 5) is 12.3. The van der Waals surface area contributed by atoms with Crippen molar-refractivity contribution in [2.75, 3.05) is 6.61 Å².